The van der Waals surface area contributed by atoms with E-state index in [1.165, 1.54) is 5.56 Å². The molecule has 0 saturated carbocycles. The van der Waals surface area contributed by atoms with Crippen LogP contribution in [0.2, 0.25) is 0 Å². The highest BCUT2D eigenvalue weighted by Gasteiger charge is 2.51. The molecule has 248 valence electrons. The average molecular weight is 638 g/mol. The molecule has 6 rings (SSSR count). The van der Waals surface area contributed by atoms with Gasteiger partial charge in [-0.25, -0.2) is 4.79 Å². The molecule has 3 amide bonds. The largest absolute Gasteiger partial charge is 0.478 e. The first-order valence-corrected chi connectivity index (χ1v) is 16.8. The van der Waals surface area contributed by atoms with Crippen LogP contribution in [-0.4, -0.2) is 75.5 Å². The van der Waals surface area contributed by atoms with Gasteiger partial charge in [0.15, 0.2) is 5.60 Å². The Balaban J connectivity index is 1.05. The van der Waals surface area contributed by atoms with Gasteiger partial charge in [-0.1, -0.05) is 56.3 Å². The average Bonchev–Trinajstić information content (AvgIpc) is 3.65. The maximum absolute atomic E-state index is 13.7. The first-order valence-electron chi connectivity index (χ1n) is 16.8. The van der Waals surface area contributed by atoms with Crippen LogP contribution in [0.3, 0.4) is 0 Å². The van der Waals surface area contributed by atoms with E-state index in [2.05, 4.69) is 38.1 Å². The lowest BCUT2D eigenvalue weighted by Gasteiger charge is -2.38. The van der Waals surface area contributed by atoms with Gasteiger partial charge in [0, 0.05) is 31.7 Å². The molecule has 3 aliphatic heterocycles. The van der Waals surface area contributed by atoms with Crippen LogP contribution in [0.4, 0.5) is 4.79 Å². The van der Waals surface area contributed by atoms with Crippen LogP contribution in [0.25, 0.3) is 11.1 Å². The number of hydrogen-bond donors (Lipinski definition) is 0. The van der Waals surface area contributed by atoms with Crippen molar-refractivity contribution in [2.24, 2.45) is 0 Å². The second-order valence-electron chi connectivity index (χ2n) is 15.0. The first-order chi connectivity index (χ1) is 22.2. The van der Waals surface area contributed by atoms with Crippen LogP contribution in [0.15, 0.2) is 66.7 Å². The minimum Gasteiger partial charge on any atom is -0.478 e. The van der Waals surface area contributed by atoms with E-state index in [0.29, 0.717) is 49.8 Å². The molecule has 0 N–H and O–H groups in total. The molecule has 47 heavy (non-hydrogen) atoms. The Morgan fingerprint density at radius 1 is 0.787 bits per heavy atom. The molecule has 2 fully saturated rings. The molecule has 0 unspecified atom stereocenters. The van der Waals surface area contributed by atoms with Gasteiger partial charge in [0.2, 0.25) is 0 Å². The smallest absolute Gasteiger partial charge is 0.410 e. The number of carbonyl (C=O) groups is 3. The van der Waals surface area contributed by atoms with Gasteiger partial charge in [-0.3, -0.25) is 9.59 Å². The van der Waals surface area contributed by atoms with Crippen molar-refractivity contribution >= 4 is 17.9 Å². The van der Waals surface area contributed by atoms with E-state index in [-0.39, 0.29) is 30.0 Å². The Labute approximate surface area is 278 Å². The number of piperazine rings is 1. The maximum Gasteiger partial charge on any atom is 0.410 e. The van der Waals surface area contributed by atoms with Gasteiger partial charge in [-0.2, -0.15) is 0 Å². The molecule has 3 aliphatic rings. The van der Waals surface area contributed by atoms with Crippen LogP contribution in [0.5, 0.6) is 5.75 Å². The lowest BCUT2D eigenvalue weighted by molar-refractivity contribution is -0.147. The van der Waals surface area contributed by atoms with Crippen LogP contribution in [-0.2, 0) is 22.5 Å². The minimum absolute atomic E-state index is 0.0227. The third-order valence-corrected chi connectivity index (χ3v) is 9.54. The summed E-state index contributed by atoms with van der Waals surface area (Å²) < 4.78 is 11.9. The molecule has 0 aliphatic carbocycles. The van der Waals surface area contributed by atoms with Gasteiger partial charge in [0.25, 0.3) is 11.8 Å². The molecule has 3 aromatic rings. The lowest BCUT2D eigenvalue weighted by atomic mass is 9.97. The van der Waals surface area contributed by atoms with E-state index in [4.69, 9.17) is 9.47 Å². The maximum atomic E-state index is 13.7. The molecule has 8 nitrogen and oxygen atoms in total. The zero-order valence-electron chi connectivity index (χ0n) is 28.7. The number of likely N-dealkylation sites (tertiary alicyclic amines) is 2. The summed E-state index contributed by atoms with van der Waals surface area (Å²) in [5.41, 5.74) is 4.81. The number of fused-ring (bicyclic) bond motifs is 3. The molecule has 0 aromatic heterocycles. The van der Waals surface area contributed by atoms with Crippen LogP contribution in [0.1, 0.15) is 87.9 Å². The highest BCUT2D eigenvalue weighted by molar-refractivity contribution is 5.95. The van der Waals surface area contributed by atoms with Gasteiger partial charge in [-0.05, 0) is 105 Å². The van der Waals surface area contributed by atoms with Gasteiger partial charge in [-0.15, -0.1) is 0 Å². The fourth-order valence-electron chi connectivity index (χ4n) is 6.96. The molecular weight excluding hydrogens is 590 g/mol. The van der Waals surface area contributed by atoms with Crippen molar-refractivity contribution < 1.29 is 23.9 Å². The van der Waals surface area contributed by atoms with Gasteiger partial charge < -0.3 is 24.2 Å². The number of nitrogens with zero attached hydrogens (tertiary/aromatic N) is 3. The Morgan fingerprint density at radius 2 is 1.40 bits per heavy atom. The Morgan fingerprint density at radius 3 is 2.00 bits per heavy atom. The van der Waals surface area contributed by atoms with Crippen molar-refractivity contribution in [3.63, 3.8) is 0 Å². The molecule has 0 radical (unpaired) electrons. The SMILES string of the molecule is CC(C)c1ccc(-c2ccc(C(=O)N3CCc4cc(OC(C)(C)C(=O)N5C[C@H]6C[C@@H]5CN6C(=O)OC(C)(C)C)ccc4C3)cc2)cc1. The zero-order valence-corrected chi connectivity index (χ0v) is 28.7. The second kappa shape index (κ2) is 12.4. The van der Waals surface area contributed by atoms with Gasteiger partial charge in [0.05, 0.1) is 12.1 Å². The molecule has 3 heterocycles. The van der Waals surface area contributed by atoms with E-state index in [1.54, 1.807) is 18.7 Å². The highest BCUT2D eigenvalue weighted by atomic mass is 16.6. The number of rotatable bonds is 6. The summed E-state index contributed by atoms with van der Waals surface area (Å²) in [6, 6.07) is 22.3. The standard InChI is InChI=1S/C39H47N3O5/c1-25(2)26-8-10-27(11-9-26)28-12-14-29(15-13-28)35(43)40-19-18-30-20-34(17-16-31(30)22-40)46-39(6,7)36(44)41-23-33-21-32(41)24-42(33)37(45)47-38(3,4)5/h8-17,20,25,32-33H,18-19,21-24H2,1-7H3/t32-,33-/m1/s1. The summed E-state index contributed by atoms with van der Waals surface area (Å²) >= 11 is 0. The molecular formula is C39H47N3O5. The topological polar surface area (TPSA) is 79.4 Å². The second-order valence-corrected chi connectivity index (χ2v) is 15.0. The molecule has 0 spiro atoms. The minimum atomic E-state index is -1.07. The summed E-state index contributed by atoms with van der Waals surface area (Å²) in [6.07, 6.45) is 1.15. The first kappa shape index (κ1) is 32.6. The Kier molecular flexibility index (Phi) is 8.58. The third-order valence-electron chi connectivity index (χ3n) is 9.54. The van der Waals surface area contributed by atoms with Crippen molar-refractivity contribution in [1.82, 2.24) is 14.7 Å². The normalized spacial score (nSPS) is 19.2. The molecule has 8 heteroatoms. The number of ether oxygens (including phenoxy) is 2. The van der Waals surface area contributed by atoms with Crippen LogP contribution >= 0.6 is 0 Å². The van der Waals surface area contributed by atoms with E-state index in [1.807, 2.05) is 73.0 Å². The molecule has 2 saturated heterocycles. The summed E-state index contributed by atoms with van der Waals surface area (Å²) in [7, 11) is 0. The highest BCUT2D eigenvalue weighted by Crippen LogP contribution is 2.35. The van der Waals surface area contributed by atoms with Crippen molar-refractivity contribution in [2.75, 3.05) is 19.6 Å². The van der Waals surface area contributed by atoms with E-state index >= 15 is 0 Å². The lowest BCUT2D eigenvalue weighted by Crippen LogP contribution is -2.57. The van der Waals surface area contributed by atoms with Gasteiger partial charge in [0.1, 0.15) is 11.4 Å². The van der Waals surface area contributed by atoms with Gasteiger partial charge >= 0.3 is 6.09 Å². The zero-order chi connectivity index (χ0) is 33.7. The van der Waals surface area contributed by atoms with E-state index in [0.717, 1.165) is 28.7 Å². The number of hydrogen-bond acceptors (Lipinski definition) is 5. The Bertz CT molecular complexity index is 1660. The summed E-state index contributed by atoms with van der Waals surface area (Å²) in [5, 5.41) is 0. The Hall–Kier alpha value is -4.33. The van der Waals surface area contributed by atoms with Crippen molar-refractivity contribution in [3.05, 3.63) is 89.0 Å². The van der Waals surface area contributed by atoms with E-state index in [9.17, 15) is 14.4 Å². The number of amides is 3. The predicted octanol–water partition coefficient (Wildman–Crippen LogP) is 7.05. The quantitative estimate of drug-likeness (QED) is 0.289. The fourth-order valence-corrected chi connectivity index (χ4v) is 6.96. The van der Waals surface area contributed by atoms with Crippen molar-refractivity contribution in [1.29, 1.82) is 0 Å². The summed E-state index contributed by atoms with van der Waals surface area (Å²) in [4.78, 5) is 45.3. The predicted molar refractivity (Wildman–Crippen MR) is 182 cm³/mol. The number of benzene rings is 3. The third kappa shape index (κ3) is 6.87. The molecule has 3 aromatic carbocycles. The molecule has 2 bridgehead atoms. The summed E-state index contributed by atoms with van der Waals surface area (Å²) in [6.45, 7) is 15.7. The van der Waals surface area contributed by atoms with Crippen LogP contribution < -0.4 is 4.74 Å². The number of carbonyl (C=O) groups excluding carboxylic acids is 3. The van der Waals surface area contributed by atoms with Crippen molar-refractivity contribution in [2.45, 2.75) is 97.1 Å². The molecule has 2 atom stereocenters. The summed E-state index contributed by atoms with van der Waals surface area (Å²) in [5.74, 6) is 1.07. The van der Waals surface area contributed by atoms with E-state index < -0.39 is 11.2 Å². The van der Waals surface area contributed by atoms with Crippen molar-refractivity contribution in [3.8, 4) is 16.9 Å². The fraction of sp³-hybridized carbons (Fsp3) is 0.462. The monoisotopic (exact) mass is 637 g/mol. The van der Waals surface area contributed by atoms with Crippen LogP contribution in [0, 0.1) is 0 Å².